The number of carboxylic acids is 2. The van der Waals surface area contributed by atoms with E-state index in [0.717, 1.165) is 50.4 Å². The van der Waals surface area contributed by atoms with E-state index < -0.39 is 28.1 Å². The second-order valence-electron chi connectivity index (χ2n) is 9.11. The topological polar surface area (TPSA) is 127 Å². The smallest absolute Gasteiger partial charge is 0.478 e. The van der Waals surface area contributed by atoms with Crippen LogP contribution >= 0.6 is 0 Å². The minimum absolute atomic E-state index is 0.0598. The molecule has 0 unspecified atom stereocenters. The lowest BCUT2D eigenvalue weighted by molar-refractivity contribution is -0.192. The number of nitrogens with one attached hydrogen (secondary N) is 1. The monoisotopic (exact) mass is 559 g/mol. The van der Waals surface area contributed by atoms with Gasteiger partial charge in [-0.3, -0.25) is 4.72 Å². The summed E-state index contributed by atoms with van der Waals surface area (Å²) in [6.07, 6.45) is -4.22. The number of rotatable bonds is 8. The summed E-state index contributed by atoms with van der Waals surface area (Å²) in [4.78, 5) is 25.3. The molecule has 0 aliphatic carbocycles. The summed E-state index contributed by atoms with van der Waals surface area (Å²) in [6.45, 7) is 10.8. The Hall–Kier alpha value is -3.32. The summed E-state index contributed by atoms with van der Waals surface area (Å²) in [5.41, 5.74) is 1.85. The molecule has 0 radical (unpaired) electrons. The molecule has 38 heavy (non-hydrogen) atoms. The van der Waals surface area contributed by atoms with E-state index in [1.165, 1.54) is 6.07 Å². The van der Waals surface area contributed by atoms with Gasteiger partial charge >= 0.3 is 18.1 Å². The third kappa shape index (κ3) is 8.91. The predicted octanol–water partition coefficient (Wildman–Crippen LogP) is 4.16. The highest BCUT2D eigenvalue weighted by Crippen LogP contribution is 2.27. The van der Waals surface area contributed by atoms with Crippen molar-refractivity contribution in [2.45, 2.75) is 38.3 Å². The first-order valence-electron chi connectivity index (χ1n) is 11.9. The van der Waals surface area contributed by atoms with E-state index in [1.54, 1.807) is 36.4 Å². The second-order valence-corrected chi connectivity index (χ2v) is 10.8. The molecule has 1 fully saturated rings. The van der Waals surface area contributed by atoms with Crippen LogP contribution in [0.3, 0.4) is 0 Å². The minimum Gasteiger partial charge on any atom is -0.478 e. The van der Waals surface area contributed by atoms with Gasteiger partial charge in [-0.1, -0.05) is 32.9 Å². The highest BCUT2D eigenvalue weighted by Gasteiger charge is 2.38. The van der Waals surface area contributed by atoms with Gasteiger partial charge < -0.3 is 20.0 Å². The van der Waals surface area contributed by atoms with Crippen LogP contribution in [0.25, 0.3) is 0 Å². The average Bonchev–Trinajstić information content (AvgIpc) is 2.84. The van der Waals surface area contributed by atoms with E-state index in [9.17, 15) is 31.5 Å². The molecule has 1 heterocycles. The molecule has 3 N–H and O–H groups in total. The third-order valence-electron chi connectivity index (χ3n) is 5.78. The molecule has 1 aliphatic heterocycles. The van der Waals surface area contributed by atoms with Gasteiger partial charge in [0.25, 0.3) is 10.0 Å². The van der Waals surface area contributed by atoms with E-state index in [0.29, 0.717) is 5.92 Å². The maximum Gasteiger partial charge on any atom is 0.490 e. The van der Waals surface area contributed by atoms with Crippen LogP contribution in [-0.2, 0) is 21.2 Å². The van der Waals surface area contributed by atoms with Crippen LogP contribution in [0.1, 0.15) is 36.7 Å². The quantitative estimate of drug-likeness (QED) is 0.440. The summed E-state index contributed by atoms with van der Waals surface area (Å²) in [5.74, 6) is -3.45. The first-order valence-corrected chi connectivity index (χ1v) is 13.4. The number of carboxylic acid groups (broad SMARTS) is 2. The number of hydrogen-bond acceptors (Lipinski definition) is 6. The maximum atomic E-state index is 12.8. The average molecular weight is 560 g/mol. The lowest BCUT2D eigenvalue weighted by Gasteiger charge is -2.35. The van der Waals surface area contributed by atoms with Gasteiger partial charge in [-0.25, -0.2) is 18.0 Å². The number of likely N-dealkylation sites (N-methyl/N-ethyl adjacent to an activating group) is 1. The van der Waals surface area contributed by atoms with Gasteiger partial charge in [0.05, 0.1) is 16.1 Å². The normalized spacial score (nSPS) is 14.6. The lowest BCUT2D eigenvalue weighted by Crippen LogP contribution is -2.46. The van der Waals surface area contributed by atoms with E-state index >= 15 is 0 Å². The number of benzene rings is 2. The van der Waals surface area contributed by atoms with Crippen LogP contribution in [0.2, 0.25) is 0 Å². The Labute approximate surface area is 219 Å². The Morgan fingerprint density at radius 1 is 1.00 bits per heavy atom. The van der Waals surface area contributed by atoms with Crippen molar-refractivity contribution in [1.29, 1.82) is 0 Å². The number of carbonyl (C=O) groups is 2. The molecule has 9 nitrogen and oxygen atoms in total. The number of anilines is 2. The molecule has 0 atom stereocenters. The van der Waals surface area contributed by atoms with Crippen LogP contribution in [0, 0.1) is 5.92 Å². The number of sulfonamides is 1. The summed E-state index contributed by atoms with van der Waals surface area (Å²) >= 11 is 0. The Kier molecular flexibility index (Phi) is 10.5. The zero-order valence-corrected chi connectivity index (χ0v) is 22.1. The molecule has 0 aromatic heterocycles. The van der Waals surface area contributed by atoms with Gasteiger partial charge in [-0.05, 0) is 54.8 Å². The molecule has 0 saturated carbocycles. The summed E-state index contributed by atoms with van der Waals surface area (Å²) in [7, 11) is -3.90. The number of aliphatic carboxylic acids is 1. The third-order valence-corrected chi connectivity index (χ3v) is 7.16. The van der Waals surface area contributed by atoms with Crippen molar-refractivity contribution in [3.05, 3.63) is 53.6 Å². The summed E-state index contributed by atoms with van der Waals surface area (Å²) < 4.78 is 59.9. The van der Waals surface area contributed by atoms with Gasteiger partial charge in [0.2, 0.25) is 0 Å². The van der Waals surface area contributed by atoms with Crippen molar-refractivity contribution in [1.82, 2.24) is 4.90 Å². The molecule has 2 aromatic carbocycles. The number of hydrogen-bond donors (Lipinski definition) is 3. The van der Waals surface area contributed by atoms with Crippen molar-refractivity contribution in [2.24, 2.45) is 5.92 Å². The Balaban J connectivity index is 0.000000638. The highest BCUT2D eigenvalue weighted by atomic mass is 32.2. The molecule has 3 rings (SSSR count). The largest absolute Gasteiger partial charge is 0.490 e. The van der Waals surface area contributed by atoms with Gasteiger partial charge in [0.15, 0.2) is 0 Å². The molecule has 0 spiro atoms. The van der Waals surface area contributed by atoms with Crippen LogP contribution in [0.15, 0.2) is 47.4 Å². The predicted molar refractivity (Wildman–Crippen MR) is 137 cm³/mol. The van der Waals surface area contributed by atoms with Crippen LogP contribution in [0.5, 0.6) is 0 Å². The Morgan fingerprint density at radius 3 is 2.00 bits per heavy atom. The lowest BCUT2D eigenvalue weighted by atomic mass is 10.0. The molecule has 210 valence electrons. The van der Waals surface area contributed by atoms with Gasteiger partial charge in [-0.15, -0.1) is 0 Å². The first-order chi connectivity index (χ1) is 17.6. The Bertz CT molecular complexity index is 1210. The number of piperazine rings is 1. The van der Waals surface area contributed by atoms with Crippen LogP contribution in [-0.4, -0.2) is 74.4 Å². The van der Waals surface area contributed by atoms with Crippen molar-refractivity contribution < 1.29 is 41.4 Å². The van der Waals surface area contributed by atoms with Crippen molar-refractivity contribution in [3.63, 3.8) is 0 Å². The van der Waals surface area contributed by atoms with Crippen molar-refractivity contribution in [2.75, 3.05) is 42.3 Å². The summed E-state index contributed by atoms with van der Waals surface area (Å²) in [5, 5.41) is 16.8. The number of nitrogens with zero attached hydrogens (tertiary/aromatic N) is 2. The Morgan fingerprint density at radius 2 is 1.55 bits per heavy atom. The number of halogens is 3. The van der Waals surface area contributed by atoms with Crippen LogP contribution < -0.4 is 9.62 Å². The SMILES string of the molecule is CCN1CCN(c2ccc(NS(=O)(=O)c3ccc(CC(C)C)cc3)c(C(=O)O)c2)CC1.O=C(O)C(F)(F)F. The molecular formula is C25H32F3N3O6S. The number of aromatic carboxylic acids is 1. The highest BCUT2D eigenvalue weighted by molar-refractivity contribution is 7.92. The van der Waals surface area contributed by atoms with E-state index in [2.05, 4.69) is 35.3 Å². The first kappa shape index (κ1) is 30.9. The standard InChI is InChI=1S/C23H31N3O4S.C2HF3O2/c1-4-25-11-13-26(14-12-25)19-7-10-22(21(16-19)23(27)28)24-31(29,30)20-8-5-18(6-9-20)15-17(2)3;3-2(4,5)1(6)7/h5-10,16-17,24H,4,11-15H2,1-3H3,(H,27,28);(H,6,7). The van der Waals surface area contributed by atoms with Gasteiger partial charge in [0.1, 0.15) is 0 Å². The molecule has 0 bridgehead atoms. The van der Waals surface area contributed by atoms with Crippen molar-refractivity contribution in [3.8, 4) is 0 Å². The van der Waals surface area contributed by atoms with Crippen LogP contribution in [0.4, 0.5) is 24.5 Å². The minimum atomic E-state index is -5.08. The van der Waals surface area contributed by atoms with E-state index in [-0.39, 0.29) is 16.1 Å². The molecular weight excluding hydrogens is 527 g/mol. The fourth-order valence-corrected chi connectivity index (χ4v) is 4.88. The van der Waals surface area contributed by atoms with Gasteiger partial charge in [0, 0.05) is 31.9 Å². The zero-order chi connectivity index (χ0) is 28.7. The van der Waals surface area contributed by atoms with Crippen molar-refractivity contribution >= 4 is 33.3 Å². The molecule has 0 amide bonds. The van der Waals surface area contributed by atoms with E-state index in [4.69, 9.17) is 9.90 Å². The molecule has 1 saturated heterocycles. The fourth-order valence-electron chi connectivity index (χ4n) is 3.80. The summed E-state index contributed by atoms with van der Waals surface area (Å²) in [6, 6.07) is 11.6. The van der Waals surface area contributed by atoms with E-state index in [1.807, 2.05) is 0 Å². The zero-order valence-electron chi connectivity index (χ0n) is 21.3. The maximum absolute atomic E-state index is 12.8. The molecule has 13 heteroatoms. The van der Waals surface area contributed by atoms with Gasteiger partial charge in [-0.2, -0.15) is 13.2 Å². The molecule has 1 aliphatic rings. The molecule has 2 aromatic rings. The number of alkyl halides is 3. The fraction of sp³-hybridized carbons (Fsp3) is 0.440. The second kappa shape index (κ2) is 13.0.